The fourth-order valence-corrected chi connectivity index (χ4v) is 4.72. The number of aromatic nitrogens is 2. The maximum atomic E-state index is 13.8. The summed E-state index contributed by atoms with van der Waals surface area (Å²) in [6, 6.07) is 3.67. The van der Waals surface area contributed by atoms with Crippen molar-refractivity contribution in [2.75, 3.05) is 11.9 Å². The number of hydrogen-bond donors (Lipinski definition) is 2. The lowest BCUT2D eigenvalue weighted by atomic mass is 9.86. The summed E-state index contributed by atoms with van der Waals surface area (Å²) in [5.41, 5.74) is 0.993. The monoisotopic (exact) mass is 412 g/mol. The zero-order valence-corrected chi connectivity index (χ0v) is 17.1. The smallest absolute Gasteiger partial charge is 0.222 e. The van der Waals surface area contributed by atoms with E-state index in [2.05, 4.69) is 20.0 Å². The van der Waals surface area contributed by atoms with Crippen molar-refractivity contribution < 1.29 is 12.8 Å². The van der Waals surface area contributed by atoms with Crippen molar-refractivity contribution in [1.82, 2.24) is 14.7 Å². The van der Waals surface area contributed by atoms with Crippen LogP contribution in [0.15, 0.2) is 23.7 Å². The van der Waals surface area contributed by atoms with Crippen LogP contribution in [-0.2, 0) is 10.0 Å². The van der Waals surface area contributed by atoms with Crippen LogP contribution >= 0.6 is 11.3 Å². The van der Waals surface area contributed by atoms with Gasteiger partial charge in [-0.3, -0.25) is 0 Å². The Bertz CT molecular complexity index is 862. The zero-order valence-electron chi connectivity index (χ0n) is 15.5. The Labute approximate surface area is 163 Å². The van der Waals surface area contributed by atoms with Gasteiger partial charge in [0.2, 0.25) is 16.0 Å². The van der Waals surface area contributed by atoms with Crippen LogP contribution in [0.4, 0.5) is 9.52 Å². The first-order valence-corrected chi connectivity index (χ1v) is 11.6. The molecule has 148 valence electrons. The van der Waals surface area contributed by atoms with Gasteiger partial charge in [0.15, 0.2) is 5.13 Å². The molecule has 2 N–H and O–H groups in total. The molecule has 0 unspecified atom stereocenters. The number of nitrogens with one attached hydrogen (secondary N) is 2. The number of hydrogen-bond acceptors (Lipinski definition) is 6. The largest absolute Gasteiger partial charge is 0.359 e. The van der Waals surface area contributed by atoms with Crippen LogP contribution in [0.25, 0.3) is 11.3 Å². The Morgan fingerprint density at radius 1 is 1.30 bits per heavy atom. The van der Waals surface area contributed by atoms with Gasteiger partial charge in [0.1, 0.15) is 0 Å². The second-order valence-electron chi connectivity index (χ2n) is 7.18. The standard InChI is InChI=1S/C18H25FN4O2S2/c1-12(2)27(24,25)21-10-13-5-7-14(8-6-13)22-18-23-16(11-26-18)15-4-3-9-20-17(15)19/h3-4,9,11-14,21H,5-8,10H2,1-2H3,(H,22,23)/t13-,14-. The van der Waals surface area contributed by atoms with Crippen LogP contribution in [0.2, 0.25) is 0 Å². The molecule has 2 heterocycles. The normalized spacial score (nSPS) is 20.7. The van der Waals surface area contributed by atoms with Gasteiger partial charge in [0.25, 0.3) is 0 Å². The summed E-state index contributed by atoms with van der Waals surface area (Å²) in [4.78, 5) is 8.14. The molecule has 0 radical (unpaired) electrons. The Morgan fingerprint density at radius 3 is 2.70 bits per heavy atom. The maximum absolute atomic E-state index is 13.8. The van der Waals surface area contributed by atoms with Gasteiger partial charge in [-0.05, 0) is 57.6 Å². The van der Waals surface area contributed by atoms with Crippen LogP contribution in [0.1, 0.15) is 39.5 Å². The number of thiazole rings is 1. The number of nitrogens with zero attached hydrogens (tertiary/aromatic N) is 2. The molecule has 6 nitrogen and oxygen atoms in total. The first kappa shape index (κ1) is 20.2. The highest BCUT2D eigenvalue weighted by Crippen LogP contribution is 2.30. The molecule has 27 heavy (non-hydrogen) atoms. The molecular weight excluding hydrogens is 387 g/mol. The molecule has 1 aliphatic rings. The molecule has 2 aromatic rings. The first-order valence-electron chi connectivity index (χ1n) is 9.16. The van der Waals surface area contributed by atoms with E-state index in [-0.39, 0.29) is 0 Å². The number of rotatable bonds is 7. The minimum Gasteiger partial charge on any atom is -0.359 e. The molecule has 3 rings (SSSR count). The summed E-state index contributed by atoms with van der Waals surface area (Å²) in [6.07, 6.45) is 5.28. The second kappa shape index (κ2) is 8.62. The molecule has 1 aliphatic carbocycles. The van der Waals surface area contributed by atoms with Crippen molar-refractivity contribution in [2.45, 2.75) is 50.8 Å². The molecule has 2 aromatic heterocycles. The number of halogens is 1. The van der Waals surface area contributed by atoms with Gasteiger partial charge >= 0.3 is 0 Å². The van der Waals surface area contributed by atoms with E-state index in [0.29, 0.717) is 29.8 Å². The van der Waals surface area contributed by atoms with Crippen LogP contribution in [0, 0.1) is 11.9 Å². The Balaban J connectivity index is 1.49. The minimum atomic E-state index is -3.20. The second-order valence-corrected chi connectivity index (χ2v) is 10.4. The van der Waals surface area contributed by atoms with Gasteiger partial charge in [-0.1, -0.05) is 0 Å². The van der Waals surface area contributed by atoms with Crippen molar-refractivity contribution in [3.63, 3.8) is 0 Å². The van der Waals surface area contributed by atoms with Gasteiger partial charge in [-0.2, -0.15) is 4.39 Å². The van der Waals surface area contributed by atoms with E-state index in [1.807, 2.05) is 5.38 Å². The first-order chi connectivity index (χ1) is 12.8. The Morgan fingerprint density at radius 2 is 2.04 bits per heavy atom. The third kappa shape index (κ3) is 5.24. The van der Waals surface area contributed by atoms with E-state index < -0.39 is 21.2 Å². The fraction of sp³-hybridized carbons (Fsp3) is 0.556. The molecule has 9 heteroatoms. The van der Waals surface area contributed by atoms with Crippen LogP contribution in [0.5, 0.6) is 0 Å². The molecule has 1 saturated carbocycles. The van der Waals surface area contributed by atoms with Crippen LogP contribution in [0.3, 0.4) is 0 Å². The fourth-order valence-electron chi connectivity index (χ4n) is 3.13. The predicted octanol–water partition coefficient (Wildman–Crippen LogP) is 3.64. The highest BCUT2D eigenvalue weighted by Gasteiger charge is 2.24. The van der Waals surface area contributed by atoms with E-state index in [9.17, 15) is 12.8 Å². The van der Waals surface area contributed by atoms with E-state index in [1.54, 1.807) is 26.0 Å². The van der Waals surface area contributed by atoms with Crippen molar-refractivity contribution >= 4 is 26.5 Å². The van der Waals surface area contributed by atoms with E-state index in [4.69, 9.17) is 0 Å². The Kier molecular flexibility index (Phi) is 6.44. The lowest BCUT2D eigenvalue weighted by Crippen LogP contribution is -2.37. The average molecular weight is 413 g/mol. The average Bonchev–Trinajstić information content (AvgIpc) is 3.09. The van der Waals surface area contributed by atoms with Gasteiger partial charge in [0, 0.05) is 24.2 Å². The molecular formula is C18H25FN4O2S2. The van der Waals surface area contributed by atoms with E-state index in [1.165, 1.54) is 17.5 Å². The van der Waals surface area contributed by atoms with Crippen LogP contribution in [-0.4, -0.2) is 36.2 Å². The summed E-state index contributed by atoms with van der Waals surface area (Å²) in [5.74, 6) is -0.147. The molecule has 0 spiro atoms. The van der Waals surface area contributed by atoms with Crippen molar-refractivity contribution in [2.24, 2.45) is 5.92 Å². The van der Waals surface area contributed by atoms with Gasteiger partial charge in [0.05, 0.1) is 16.5 Å². The summed E-state index contributed by atoms with van der Waals surface area (Å²) in [7, 11) is -3.20. The highest BCUT2D eigenvalue weighted by molar-refractivity contribution is 7.90. The molecule has 0 aromatic carbocycles. The molecule has 0 saturated heterocycles. The zero-order chi connectivity index (χ0) is 19.4. The number of sulfonamides is 1. The van der Waals surface area contributed by atoms with Gasteiger partial charge in [-0.25, -0.2) is 23.1 Å². The Hall–Kier alpha value is -1.58. The lowest BCUT2D eigenvalue weighted by molar-refractivity contribution is 0.337. The summed E-state index contributed by atoms with van der Waals surface area (Å²) in [5, 5.41) is 5.63. The van der Waals surface area contributed by atoms with Gasteiger partial charge in [-0.15, -0.1) is 11.3 Å². The maximum Gasteiger partial charge on any atom is 0.222 e. The highest BCUT2D eigenvalue weighted by atomic mass is 32.2. The minimum absolute atomic E-state index is 0.306. The topological polar surface area (TPSA) is 84.0 Å². The van der Waals surface area contributed by atoms with Crippen molar-refractivity contribution in [3.8, 4) is 11.3 Å². The summed E-state index contributed by atoms with van der Waals surface area (Å²) in [6.45, 7) is 3.88. The molecule has 1 fully saturated rings. The molecule has 0 atom stereocenters. The quantitative estimate of drug-likeness (QED) is 0.678. The SMILES string of the molecule is CC(C)S(=O)(=O)NC[C@H]1CC[C@H](Nc2nc(-c3cccnc3F)cs2)CC1. The third-order valence-electron chi connectivity index (χ3n) is 4.91. The van der Waals surface area contributed by atoms with E-state index >= 15 is 0 Å². The number of anilines is 1. The van der Waals surface area contributed by atoms with Gasteiger partial charge < -0.3 is 5.32 Å². The van der Waals surface area contributed by atoms with E-state index in [0.717, 1.165) is 30.8 Å². The third-order valence-corrected chi connectivity index (χ3v) is 7.49. The van der Waals surface area contributed by atoms with Crippen molar-refractivity contribution in [3.05, 3.63) is 29.7 Å². The predicted molar refractivity (Wildman–Crippen MR) is 107 cm³/mol. The molecule has 0 amide bonds. The van der Waals surface area contributed by atoms with Crippen molar-refractivity contribution in [1.29, 1.82) is 0 Å². The summed E-state index contributed by atoms with van der Waals surface area (Å²) >= 11 is 1.46. The molecule has 0 aliphatic heterocycles. The lowest BCUT2D eigenvalue weighted by Gasteiger charge is -2.29. The summed E-state index contributed by atoms with van der Waals surface area (Å²) < 4.78 is 40.2. The van der Waals surface area contributed by atoms with Crippen LogP contribution < -0.4 is 10.0 Å². The molecule has 0 bridgehead atoms. The number of pyridine rings is 1.